The third-order valence-electron chi connectivity index (χ3n) is 2.57. The Morgan fingerprint density at radius 2 is 2.12 bits per heavy atom. The minimum atomic E-state index is 0.262. The Bertz CT molecular complexity index is 380. The molecule has 1 rings (SSSR count). The average molecular weight is 253 g/mol. The first-order valence-corrected chi connectivity index (χ1v) is 5.98. The van der Waals surface area contributed by atoms with Crippen molar-refractivity contribution >= 4 is 23.0 Å². The van der Waals surface area contributed by atoms with Crippen molar-refractivity contribution in [1.29, 1.82) is 0 Å². The molecule has 0 saturated carbocycles. The van der Waals surface area contributed by atoms with E-state index in [1.165, 1.54) is 0 Å². The van der Waals surface area contributed by atoms with Gasteiger partial charge in [-0.15, -0.1) is 0 Å². The highest BCUT2D eigenvalue weighted by atomic mass is 32.1. The maximum Gasteiger partial charge on any atom is 0.155 e. The summed E-state index contributed by atoms with van der Waals surface area (Å²) >= 11 is 4.92. The molecule has 0 aliphatic rings. The van der Waals surface area contributed by atoms with E-state index in [4.69, 9.17) is 18.0 Å². The highest BCUT2D eigenvalue weighted by Crippen LogP contribution is 2.07. The van der Waals surface area contributed by atoms with E-state index in [0.717, 1.165) is 13.1 Å². The zero-order valence-corrected chi connectivity index (χ0v) is 11.3. The van der Waals surface area contributed by atoms with Crippen molar-refractivity contribution in [2.45, 2.75) is 19.9 Å². The third-order valence-corrected chi connectivity index (χ3v) is 2.76. The van der Waals surface area contributed by atoms with Crippen LogP contribution < -0.4 is 11.1 Å². The van der Waals surface area contributed by atoms with E-state index in [0.29, 0.717) is 17.6 Å². The zero-order chi connectivity index (χ0) is 12.8. The average Bonchev–Trinajstić information content (AvgIpc) is 2.29. The smallest absolute Gasteiger partial charge is 0.155 e. The van der Waals surface area contributed by atoms with Gasteiger partial charge in [-0.2, -0.15) is 0 Å². The lowest BCUT2D eigenvalue weighted by atomic mass is 10.3. The summed E-state index contributed by atoms with van der Waals surface area (Å²) in [6.07, 6.45) is 3.20. The molecule has 0 aliphatic carbocycles. The van der Waals surface area contributed by atoms with Crippen molar-refractivity contribution in [3.05, 3.63) is 18.1 Å². The van der Waals surface area contributed by atoms with Crippen molar-refractivity contribution in [2.24, 2.45) is 5.73 Å². The van der Waals surface area contributed by atoms with Gasteiger partial charge in [-0.1, -0.05) is 12.2 Å². The second-order valence-electron chi connectivity index (χ2n) is 4.12. The van der Waals surface area contributed by atoms with Crippen LogP contribution >= 0.6 is 12.2 Å². The summed E-state index contributed by atoms with van der Waals surface area (Å²) in [5.74, 6) is 0.650. The summed E-state index contributed by atoms with van der Waals surface area (Å²) in [7, 11) is 2.08. The molecule has 0 radical (unpaired) electrons. The minimum Gasteiger partial charge on any atom is -0.388 e. The van der Waals surface area contributed by atoms with E-state index < -0.39 is 0 Å². The Morgan fingerprint density at radius 1 is 1.47 bits per heavy atom. The fourth-order valence-electron chi connectivity index (χ4n) is 1.26. The number of hydrogen-bond donors (Lipinski definition) is 2. The molecule has 0 aromatic carbocycles. The minimum absolute atomic E-state index is 0.262. The molecule has 0 unspecified atom stereocenters. The molecule has 0 aliphatic heterocycles. The van der Waals surface area contributed by atoms with E-state index in [1.807, 2.05) is 0 Å². The van der Waals surface area contributed by atoms with Gasteiger partial charge in [0.15, 0.2) is 5.82 Å². The molecule has 3 N–H and O–H groups in total. The summed E-state index contributed by atoms with van der Waals surface area (Å²) < 4.78 is 0. The largest absolute Gasteiger partial charge is 0.388 e. The fraction of sp³-hybridized carbons (Fsp3) is 0.545. The lowest BCUT2D eigenvalue weighted by Crippen LogP contribution is -2.31. The number of likely N-dealkylation sites (N-methyl/N-ethyl adjacent to an activating group) is 1. The molecule has 0 saturated heterocycles. The van der Waals surface area contributed by atoms with Crippen LogP contribution in [0.2, 0.25) is 0 Å². The van der Waals surface area contributed by atoms with Crippen LogP contribution in [-0.2, 0) is 0 Å². The zero-order valence-electron chi connectivity index (χ0n) is 10.5. The second-order valence-corrected chi connectivity index (χ2v) is 4.56. The molecule has 6 heteroatoms. The lowest BCUT2D eigenvalue weighted by molar-refractivity contribution is 0.284. The maximum absolute atomic E-state index is 5.57. The van der Waals surface area contributed by atoms with Gasteiger partial charge in [0.05, 0.1) is 0 Å². The summed E-state index contributed by atoms with van der Waals surface area (Å²) in [5, 5.41) is 3.20. The molecule has 0 fully saturated rings. The normalized spacial score (nSPS) is 10.9. The Kier molecular flexibility index (Phi) is 5.24. The van der Waals surface area contributed by atoms with Crippen LogP contribution in [-0.4, -0.2) is 46.0 Å². The fourth-order valence-corrected chi connectivity index (χ4v) is 1.41. The predicted octanol–water partition coefficient (Wildman–Crippen LogP) is 0.863. The van der Waals surface area contributed by atoms with Crippen LogP contribution in [0.3, 0.4) is 0 Å². The van der Waals surface area contributed by atoms with E-state index in [9.17, 15) is 0 Å². The van der Waals surface area contributed by atoms with Crippen LogP contribution in [0.4, 0.5) is 5.82 Å². The van der Waals surface area contributed by atoms with Gasteiger partial charge < -0.3 is 16.0 Å². The summed E-state index contributed by atoms with van der Waals surface area (Å²) in [6, 6.07) is 0.522. The van der Waals surface area contributed by atoms with Crippen molar-refractivity contribution in [3.8, 4) is 0 Å². The van der Waals surface area contributed by atoms with Crippen LogP contribution in [0.5, 0.6) is 0 Å². The van der Waals surface area contributed by atoms with Gasteiger partial charge in [0.2, 0.25) is 0 Å². The summed E-state index contributed by atoms with van der Waals surface area (Å²) in [4.78, 5) is 10.8. The molecule has 0 atom stereocenters. The Hall–Kier alpha value is -1.27. The topological polar surface area (TPSA) is 67.1 Å². The predicted molar refractivity (Wildman–Crippen MR) is 74.2 cm³/mol. The maximum atomic E-state index is 5.57. The van der Waals surface area contributed by atoms with Gasteiger partial charge in [-0.3, -0.25) is 0 Å². The molecule has 1 heterocycles. The number of hydrogen-bond acceptors (Lipinski definition) is 5. The standard InChI is InChI=1S/C11H19N5S/c1-8(2)16(3)7-6-15-11-9(10(12)17)13-4-5-14-11/h4-5,8H,6-7H2,1-3H3,(H2,12,17)(H,14,15). The van der Waals surface area contributed by atoms with Crippen molar-refractivity contribution < 1.29 is 0 Å². The van der Waals surface area contributed by atoms with Gasteiger partial charge in [-0.25, -0.2) is 9.97 Å². The first kappa shape index (κ1) is 13.8. The molecule has 0 amide bonds. The summed E-state index contributed by atoms with van der Waals surface area (Å²) in [6.45, 7) is 6.01. The van der Waals surface area contributed by atoms with Crippen LogP contribution in [0, 0.1) is 0 Å². The van der Waals surface area contributed by atoms with Crippen molar-refractivity contribution in [1.82, 2.24) is 14.9 Å². The molecule has 17 heavy (non-hydrogen) atoms. The van der Waals surface area contributed by atoms with Crippen molar-refractivity contribution in [3.63, 3.8) is 0 Å². The number of thiocarbonyl (C=S) groups is 1. The molecular formula is C11H19N5S. The lowest BCUT2D eigenvalue weighted by Gasteiger charge is -2.21. The van der Waals surface area contributed by atoms with E-state index in [2.05, 4.69) is 41.1 Å². The van der Waals surface area contributed by atoms with Crippen molar-refractivity contribution in [2.75, 3.05) is 25.5 Å². The highest BCUT2D eigenvalue weighted by Gasteiger charge is 2.08. The first-order valence-electron chi connectivity index (χ1n) is 5.57. The monoisotopic (exact) mass is 253 g/mol. The van der Waals surface area contributed by atoms with Gasteiger partial charge in [-0.05, 0) is 20.9 Å². The molecule has 0 bridgehead atoms. The second kappa shape index (κ2) is 6.46. The van der Waals surface area contributed by atoms with Gasteiger partial charge in [0, 0.05) is 31.5 Å². The Balaban J connectivity index is 2.55. The van der Waals surface area contributed by atoms with Gasteiger partial charge in [0.25, 0.3) is 0 Å². The molecule has 94 valence electrons. The SMILES string of the molecule is CC(C)N(C)CCNc1nccnc1C(N)=S. The summed E-state index contributed by atoms with van der Waals surface area (Å²) in [5.41, 5.74) is 6.12. The van der Waals surface area contributed by atoms with Crippen LogP contribution in [0.15, 0.2) is 12.4 Å². The molecular weight excluding hydrogens is 234 g/mol. The quantitative estimate of drug-likeness (QED) is 0.733. The molecule has 0 spiro atoms. The molecule has 1 aromatic rings. The third kappa shape index (κ3) is 4.24. The number of rotatable bonds is 6. The number of nitrogens with one attached hydrogen (secondary N) is 1. The molecule has 5 nitrogen and oxygen atoms in total. The number of nitrogens with two attached hydrogens (primary N) is 1. The highest BCUT2D eigenvalue weighted by molar-refractivity contribution is 7.80. The van der Waals surface area contributed by atoms with E-state index in [1.54, 1.807) is 12.4 Å². The molecule has 1 aromatic heterocycles. The van der Waals surface area contributed by atoms with Crippen LogP contribution in [0.25, 0.3) is 0 Å². The Morgan fingerprint density at radius 3 is 2.71 bits per heavy atom. The number of nitrogens with zero attached hydrogens (tertiary/aromatic N) is 3. The van der Waals surface area contributed by atoms with Crippen LogP contribution in [0.1, 0.15) is 19.5 Å². The Labute approximate surface area is 107 Å². The first-order chi connectivity index (χ1) is 8.02. The van der Waals surface area contributed by atoms with Gasteiger partial charge in [0.1, 0.15) is 10.7 Å². The van der Waals surface area contributed by atoms with Gasteiger partial charge >= 0.3 is 0 Å². The van der Waals surface area contributed by atoms with E-state index in [-0.39, 0.29) is 4.99 Å². The number of aromatic nitrogens is 2. The number of anilines is 1. The van der Waals surface area contributed by atoms with E-state index >= 15 is 0 Å².